The third-order valence-corrected chi connectivity index (χ3v) is 6.01. The standard InChI is InChI=1S/C26H33FN4O6/c1-16(2)11-19(25(33)28-22-9-10-30(29-22)13-18-15-35-26(3,4)37-18)31-14-17(12-23(31)32)36-21-8-6-7-20(34-5)24(21)27/h6-10,12,16,18-19H,11,13-15H2,1-5H3,(H,28,29,33)/t18-,19+/m1/s1. The maximum Gasteiger partial charge on any atom is 0.251 e. The Hall–Kier alpha value is -3.44. The second-order valence-corrected chi connectivity index (χ2v) is 9.96. The predicted octanol–water partition coefficient (Wildman–Crippen LogP) is 3.34. The van der Waals surface area contributed by atoms with E-state index in [9.17, 15) is 14.0 Å². The number of halogens is 1. The number of benzene rings is 1. The van der Waals surface area contributed by atoms with Crippen molar-refractivity contribution in [2.75, 3.05) is 25.6 Å². The fraction of sp³-hybridized carbons (Fsp3) is 0.500. The number of hydrogen-bond donors (Lipinski definition) is 1. The van der Waals surface area contributed by atoms with Crippen molar-refractivity contribution in [2.45, 2.75) is 58.6 Å². The number of nitrogens with zero attached hydrogens (tertiary/aromatic N) is 3. The van der Waals surface area contributed by atoms with E-state index in [1.165, 1.54) is 30.2 Å². The monoisotopic (exact) mass is 516 g/mol. The van der Waals surface area contributed by atoms with Gasteiger partial charge in [0.2, 0.25) is 11.7 Å². The van der Waals surface area contributed by atoms with E-state index in [2.05, 4.69) is 10.4 Å². The van der Waals surface area contributed by atoms with Crippen molar-refractivity contribution in [3.8, 4) is 11.5 Å². The van der Waals surface area contributed by atoms with Gasteiger partial charge in [0.05, 0.1) is 26.8 Å². The zero-order chi connectivity index (χ0) is 26.7. The molecule has 2 aromatic rings. The van der Waals surface area contributed by atoms with Crippen molar-refractivity contribution >= 4 is 17.6 Å². The number of carbonyl (C=O) groups excluding carboxylic acids is 2. The van der Waals surface area contributed by atoms with Crippen LogP contribution >= 0.6 is 0 Å². The van der Waals surface area contributed by atoms with Gasteiger partial charge in [-0.1, -0.05) is 19.9 Å². The van der Waals surface area contributed by atoms with Crippen LogP contribution in [0.5, 0.6) is 11.5 Å². The van der Waals surface area contributed by atoms with Crippen molar-refractivity contribution in [2.24, 2.45) is 5.92 Å². The Morgan fingerprint density at radius 1 is 1.30 bits per heavy atom. The largest absolute Gasteiger partial charge is 0.494 e. The lowest BCUT2D eigenvalue weighted by Gasteiger charge is -2.28. The van der Waals surface area contributed by atoms with E-state index in [1.807, 2.05) is 27.7 Å². The number of amides is 2. The molecule has 11 heteroatoms. The molecule has 0 unspecified atom stereocenters. The summed E-state index contributed by atoms with van der Waals surface area (Å²) in [5.41, 5.74) is 0. The molecular formula is C26H33FN4O6. The van der Waals surface area contributed by atoms with Crippen molar-refractivity contribution in [3.05, 3.63) is 48.1 Å². The summed E-state index contributed by atoms with van der Waals surface area (Å²) < 4.78 is 38.2. The van der Waals surface area contributed by atoms with Gasteiger partial charge >= 0.3 is 0 Å². The summed E-state index contributed by atoms with van der Waals surface area (Å²) in [5.74, 6) is -1.33. The Kier molecular flexibility index (Phi) is 7.84. The Labute approximate surface area is 215 Å². The molecule has 37 heavy (non-hydrogen) atoms. The molecule has 1 aromatic heterocycles. The van der Waals surface area contributed by atoms with Crippen LogP contribution < -0.4 is 14.8 Å². The molecule has 0 bridgehead atoms. The van der Waals surface area contributed by atoms with Crippen molar-refractivity contribution < 1.29 is 32.9 Å². The molecular weight excluding hydrogens is 483 g/mol. The van der Waals surface area contributed by atoms with Crippen molar-refractivity contribution in [3.63, 3.8) is 0 Å². The summed E-state index contributed by atoms with van der Waals surface area (Å²) in [5, 5.41) is 7.24. The maximum absolute atomic E-state index is 14.5. The van der Waals surface area contributed by atoms with Gasteiger partial charge in [0.15, 0.2) is 23.1 Å². The zero-order valence-electron chi connectivity index (χ0n) is 21.7. The van der Waals surface area contributed by atoms with Crippen LogP contribution in [-0.2, 0) is 25.6 Å². The molecule has 10 nitrogen and oxygen atoms in total. The van der Waals surface area contributed by atoms with E-state index in [0.29, 0.717) is 25.4 Å². The Morgan fingerprint density at radius 3 is 2.73 bits per heavy atom. The van der Waals surface area contributed by atoms with Crippen LogP contribution in [0.1, 0.15) is 34.1 Å². The van der Waals surface area contributed by atoms with Crippen LogP contribution in [0.4, 0.5) is 10.2 Å². The lowest BCUT2D eigenvalue weighted by Crippen LogP contribution is -2.46. The highest BCUT2D eigenvalue weighted by Crippen LogP contribution is 2.29. The molecule has 200 valence electrons. The molecule has 0 radical (unpaired) electrons. The third kappa shape index (κ3) is 6.47. The minimum absolute atomic E-state index is 0.0313. The smallest absolute Gasteiger partial charge is 0.251 e. The average Bonchev–Trinajstić information content (AvgIpc) is 3.52. The number of ether oxygens (including phenoxy) is 4. The first-order valence-electron chi connectivity index (χ1n) is 12.2. The zero-order valence-corrected chi connectivity index (χ0v) is 21.7. The van der Waals surface area contributed by atoms with E-state index in [1.54, 1.807) is 23.0 Å². The van der Waals surface area contributed by atoms with E-state index in [-0.39, 0.29) is 47.6 Å². The van der Waals surface area contributed by atoms with Gasteiger partial charge in [-0.2, -0.15) is 9.49 Å². The number of aromatic nitrogens is 2. The number of hydrogen-bond acceptors (Lipinski definition) is 7. The molecule has 0 saturated carbocycles. The molecule has 2 aliphatic rings. The van der Waals surface area contributed by atoms with Crippen LogP contribution in [0.3, 0.4) is 0 Å². The first-order valence-corrected chi connectivity index (χ1v) is 12.2. The lowest BCUT2D eigenvalue weighted by molar-refractivity contribution is -0.139. The number of methoxy groups -OCH3 is 1. The molecule has 2 aliphatic heterocycles. The van der Waals surface area contributed by atoms with Crippen LogP contribution in [-0.4, -0.2) is 64.7 Å². The second-order valence-electron chi connectivity index (χ2n) is 9.96. The number of nitrogens with one attached hydrogen (secondary N) is 1. The highest BCUT2D eigenvalue weighted by molar-refractivity contribution is 5.99. The van der Waals surface area contributed by atoms with Gasteiger partial charge in [0.1, 0.15) is 17.9 Å². The minimum atomic E-state index is -0.766. The Balaban J connectivity index is 1.41. The normalized spacial score (nSPS) is 19.8. The minimum Gasteiger partial charge on any atom is -0.494 e. The van der Waals surface area contributed by atoms with Crippen LogP contribution in [0.25, 0.3) is 0 Å². The van der Waals surface area contributed by atoms with Gasteiger partial charge in [0.25, 0.3) is 5.91 Å². The summed E-state index contributed by atoms with van der Waals surface area (Å²) in [7, 11) is 1.36. The van der Waals surface area contributed by atoms with Gasteiger partial charge in [-0.05, 0) is 38.3 Å². The number of rotatable bonds is 10. The van der Waals surface area contributed by atoms with E-state index >= 15 is 0 Å². The fourth-order valence-electron chi connectivity index (χ4n) is 4.33. The number of anilines is 1. The van der Waals surface area contributed by atoms with E-state index in [0.717, 1.165) is 0 Å². The van der Waals surface area contributed by atoms with Gasteiger partial charge in [-0.25, -0.2) is 0 Å². The molecule has 0 spiro atoms. The highest BCUT2D eigenvalue weighted by atomic mass is 19.1. The Morgan fingerprint density at radius 2 is 2.05 bits per heavy atom. The molecule has 0 aliphatic carbocycles. The average molecular weight is 517 g/mol. The molecule has 1 saturated heterocycles. The summed E-state index contributed by atoms with van der Waals surface area (Å²) >= 11 is 0. The van der Waals surface area contributed by atoms with Crippen LogP contribution in [0, 0.1) is 11.7 Å². The first kappa shape index (κ1) is 26.6. The molecule has 1 N–H and O–H groups in total. The summed E-state index contributed by atoms with van der Waals surface area (Å²) in [4.78, 5) is 27.5. The van der Waals surface area contributed by atoms with E-state index in [4.69, 9.17) is 18.9 Å². The van der Waals surface area contributed by atoms with Gasteiger partial charge in [-0.15, -0.1) is 0 Å². The second kappa shape index (κ2) is 10.9. The number of carbonyl (C=O) groups is 2. The lowest BCUT2D eigenvalue weighted by atomic mass is 10.0. The van der Waals surface area contributed by atoms with Crippen molar-refractivity contribution in [1.29, 1.82) is 0 Å². The highest BCUT2D eigenvalue weighted by Gasteiger charge is 2.36. The maximum atomic E-state index is 14.5. The van der Waals surface area contributed by atoms with Gasteiger partial charge in [0, 0.05) is 18.3 Å². The SMILES string of the molecule is COc1cccc(OC2=CC(=O)N([C@@H](CC(C)C)C(=O)Nc3ccn(C[C@@H]4COC(C)(C)O4)n3)C2)c1F. The topological polar surface area (TPSA) is 104 Å². The summed E-state index contributed by atoms with van der Waals surface area (Å²) in [6, 6.07) is 5.44. The molecule has 1 fully saturated rings. The quantitative estimate of drug-likeness (QED) is 0.517. The van der Waals surface area contributed by atoms with Gasteiger partial charge < -0.3 is 29.2 Å². The van der Waals surface area contributed by atoms with Crippen molar-refractivity contribution in [1.82, 2.24) is 14.7 Å². The van der Waals surface area contributed by atoms with Crippen LogP contribution in [0.2, 0.25) is 0 Å². The molecule has 2 atom stereocenters. The summed E-state index contributed by atoms with van der Waals surface area (Å²) in [6.45, 7) is 8.62. The molecule has 2 amide bonds. The molecule has 3 heterocycles. The Bertz CT molecular complexity index is 1180. The molecule has 1 aromatic carbocycles. The van der Waals surface area contributed by atoms with Crippen LogP contribution in [0.15, 0.2) is 42.3 Å². The fourth-order valence-corrected chi connectivity index (χ4v) is 4.33. The third-order valence-electron chi connectivity index (χ3n) is 6.01. The summed E-state index contributed by atoms with van der Waals surface area (Å²) in [6.07, 6.45) is 3.31. The predicted molar refractivity (Wildman–Crippen MR) is 132 cm³/mol. The first-order chi connectivity index (χ1) is 17.5. The van der Waals surface area contributed by atoms with E-state index < -0.39 is 17.6 Å². The molecule has 4 rings (SSSR count). The van der Waals surface area contributed by atoms with Gasteiger partial charge in [-0.3, -0.25) is 14.3 Å².